The fourth-order valence-corrected chi connectivity index (χ4v) is 7.33. The van der Waals surface area contributed by atoms with Crippen LogP contribution in [-0.2, 0) is 16.1 Å². The Hall–Kier alpha value is -3.64. The summed E-state index contributed by atoms with van der Waals surface area (Å²) >= 11 is 0. The fourth-order valence-electron chi connectivity index (χ4n) is 7.33. The number of amides is 1. The molecule has 4 saturated carbocycles. The van der Waals surface area contributed by atoms with Crippen LogP contribution in [0.4, 0.5) is 27.6 Å². The predicted molar refractivity (Wildman–Crippen MR) is 158 cm³/mol. The van der Waals surface area contributed by atoms with Gasteiger partial charge < -0.3 is 14.2 Å². The highest BCUT2D eigenvalue weighted by Gasteiger charge is 2.53. The van der Waals surface area contributed by atoms with E-state index in [0.717, 1.165) is 6.92 Å². The van der Waals surface area contributed by atoms with Crippen molar-refractivity contribution in [1.29, 1.82) is 0 Å². The van der Waals surface area contributed by atoms with Crippen molar-refractivity contribution in [1.82, 2.24) is 20.1 Å². The molecule has 7 rings (SSSR count). The number of halogens is 5. The lowest BCUT2D eigenvalue weighted by atomic mass is 9.53. The molecule has 4 aliphatic rings. The van der Waals surface area contributed by atoms with E-state index in [2.05, 4.69) is 20.1 Å². The Balaban J connectivity index is 1.26. The van der Waals surface area contributed by atoms with E-state index in [1.54, 1.807) is 24.0 Å². The molecule has 0 saturated heterocycles. The van der Waals surface area contributed by atoms with Crippen LogP contribution < -0.4 is 9.64 Å². The molecule has 2 heterocycles. The summed E-state index contributed by atoms with van der Waals surface area (Å²) < 4.78 is 80.8. The molecule has 0 spiro atoms. The maximum atomic E-state index is 15.2. The van der Waals surface area contributed by atoms with E-state index in [0.29, 0.717) is 68.8 Å². The van der Waals surface area contributed by atoms with Crippen molar-refractivity contribution in [3.8, 4) is 17.1 Å². The van der Waals surface area contributed by atoms with Gasteiger partial charge in [-0.25, -0.2) is 23.1 Å². The second-order valence-electron chi connectivity index (χ2n) is 13.4. The third kappa shape index (κ3) is 6.60. The van der Waals surface area contributed by atoms with Gasteiger partial charge in [-0.3, -0.25) is 4.79 Å². The molecule has 0 radical (unpaired) electrons. The molecule has 8 nitrogen and oxygen atoms in total. The van der Waals surface area contributed by atoms with Gasteiger partial charge in [0.05, 0.1) is 6.61 Å². The molecule has 0 aliphatic heterocycles. The van der Waals surface area contributed by atoms with Gasteiger partial charge in [-0.1, -0.05) is 5.16 Å². The topological polar surface area (TPSA) is 94.2 Å². The van der Waals surface area contributed by atoms with Crippen molar-refractivity contribution in [2.75, 3.05) is 18.1 Å². The predicted octanol–water partition coefficient (Wildman–Crippen LogP) is 8.02. The molecule has 0 N–H and O–H groups in total. The zero-order valence-corrected chi connectivity index (χ0v) is 26.0. The Morgan fingerprint density at radius 2 is 1.70 bits per heavy atom. The number of carbonyl (C=O) groups excluding carboxylic acids is 1. The van der Waals surface area contributed by atoms with Crippen molar-refractivity contribution in [2.45, 2.75) is 102 Å². The number of ether oxygens (including phenoxy) is 1. The van der Waals surface area contributed by atoms with Crippen molar-refractivity contribution < 1.29 is 36.0 Å². The second kappa shape index (κ2) is 12.2. The summed E-state index contributed by atoms with van der Waals surface area (Å²) in [5, 5.41) is 3.93. The highest BCUT2D eigenvalue weighted by atomic mass is 19.3. The van der Waals surface area contributed by atoms with E-state index in [4.69, 9.17) is 9.26 Å². The van der Waals surface area contributed by atoms with Gasteiger partial charge in [0.1, 0.15) is 5.82 Å². The number of benzene rings is 1. The number of aromatic nitrogens is 4. The zero-order chi connectivity index (χ0) is 32.7. The van der Waals surface area contributed by atoms with Crippen LogP contribution in [0.25, 0.3) is 11.1 Å². The number of hydrogen-bond acceptors (Lipinski definition) is 7. The van der Waals surface area contributed by atoms with Gasteiger partial charge in [-0.15, -0.1) is 0 Å². The van der Waals surface area contributed by atoms with Crippen LogP contribution in [0.2, 0.25) is 0 Å². The van der Waals surface area contributed by atoms with Crippen LogP contribution in [0.1, 0.15) is 96.2 Å². The van der Waals surface area contributed by atoms with Gasteiger partial charge in [0.25, 0.3) is 5.89 Å². The SMILES string of the molecule is CCOc1ncc(-c2cc(N(CC34CCC(c5noc(C(C)(F)F)n5)(CC3)CC4)C(=O)CC3CCC(F)(F)CC3)ccc2F)cn1. The summed E-state index contributed by atoms with van der Waals surface area (Å²) in [6.07, 6.45) is 7.18. The number of rotatable bonds is 10. The number of carbonyl (C=O) groups is 1. The minimum absolute atomic E-state index is 0.117. The van der Waals surface area contributed by atoms with Crippen LogP contribution in [0.5, 0.6) is 6.01 Å². The molecule has 248 valence electrons. The third-order valence-corrected chi connectivity index (χ3v) is 10.2. The molecule has 46 heavy (non-hydrogen) atoms. The first-order valence-corrected chi connectivity index (χ1v) is 16.0. The number of nitrogens with zero attached hydrogens (tertiary/aromatic N) is 5. The van der Waals surface area contributed by atoms with Crippen LogP contribution >= 0.6 is 0 Å². The normalized spacial score (nSPS) is 24.6. The molecule has 1 aromatic carbocycles. The monoisotopic (exact) mass is 647 g/mol. The molecule has 0 atom stereocenters. The smallest absolute Gasteiger partial charge is 0.322 e. The van der Waals surface area contributed by atoms with E-state index in [1.807, 2.05) is 0 Å². The Morgan fingerprint density at radius 1 is 1.04 bits per heavy atom. The molecule has 4 aliphatic carbocycles. The maximum absolute atomic E-state index is 15.2. The second-order valence-corrected chi connectivity index (χ2v) is 13.4. The molecule has 3 aromatic rings. The molecule has 1 amide bonds. The van der Waals surface area contributed by atoms with Gasteiger partial charge in [0, 0.05) is 67.4 Å². The molecule has 0 unspecified atom stereocenters. The first-order chi connectivity index (χ1) is 21.8. The number of hydrogen-bond donors (Lipinski definition) is 0. The fraction of sp³-hybridized carbons (Fsp3) is 0.606. The van der Waals surface area contributed by atoms with E-state index in [9.17, 15) is 22.4 Å². The first-order valence-electron chi connectivity index (χ1n) is 16.0. The molecule has 2 aromatic heterocycles. The van der Waals surface area contributed by atoms with Crippen LogP contribution in [0.15, 0.2) is 35.1 Å². The average molecular weight is 648 g/mol. The Labute approximate surface area is 264 Å². The number of fused-ring (bicyclic) bond motifs is 3. The Kier molecular flexibility index (Phi) is 8.56. The first kappa shape index (κ1) is 32.3. The minimum Gasteiger partial charge on any atom is -0.464 e. The van der Waals surface area contributed by atoms with Crippen LogP contribution in [-0.4, -0.2) is 45.1 Å². The third-order valence-electron chi connectivity index (χ3n) is 10.2. The lowest BCUT2D eigenvalue weighted by molar-refractivity contribution is -0.121. The summed E-state index contributed by atoms with van der Waals surface area (Å²) in [6.45, 7) is 3.27. The van der Waals surface area contributed by atoms with Crippen molar-refractivity contribution in [2.24, 2.45) is 11.3 Å². The van der Waals surface area contributed by atoms with E-state index >= 15 is 4.39 Å². The van der Waals surface area contributed by atoms with Crippen LogP contribution in [0.3, 0.4) is 0 Å². The Morgan fingerprint density at radius 3 is 2.28 bits per heavy atom. The van der Waals surface area contributed by atoms with Crippen molar-refractivity contribution in [3.63, 3.8) is 0 Å². The average Bonchev–Trinajstić information content (AvgIpc) is 3.56. The summed E-state index contributed by atoms with van der Waals surface area (Å²) in [6, 6.07) is 4.66. The quantitative estimate of drug-likeness (QED) is 0.206. The van der Waals surface area contributed by atoms with Gasteiger partial charge >= 0.3 is 11.9 Å². The number of anilines is 1. The van der Waals surface area contributed by atoms with Crippen LogP contribution in [0, 0.1) is 17.2 Å². The molecule has 2 bridgehead atoms. The highest BCUT2D eigenvalue weighted by molar-refractivity contribution is 5.94. The van der Waals surface area contributed by atoms with Gasteiger partial charge in [0.2, 0.25) is 11.8 Å². The lowest BCUT2D eigenvalue weighted by Crippen LogP contribution is -2.51. The molecular formula is C33H38F5N5O3. The van der Waals surface area contributed by atoms with Gasteiger partial charge in [-0.05, 0) is 87.8 Å². The van der Waals surface area contributed by atoms with E-state index in [-0.39, 0.29) is 60.9 Å². The number of alkyl halides is 4. The summed E-state index contributed by atoms with van der Waals surface area (Å²) in [5.41, 5.74) is 0.407. The minimum atomic E-state index is -3.23. The molecular weight excluding hydrogens is 609 g/mol. The summed E-state index contributed by atoms with van der Waals surface area (Å²) in [7, 11) is 0. The standard InChI is InChI=1S/C33H38F5N5O3/c1-3-45-29-39-18-22(19-40-29)24-17-23(4-5-25(24)34)43(26(44)16-21-6-8-33(37,38)9-7-21)20-31-10-13-32(14-11-31,15-12-31)27-41-28(46-42-27)30(2,35)36/h4-5,17-19,21H,3,6-16,20H2,1-2H3. The Bertz CT molecular complexity index is 1520. The van der Waals surface area contributed by atoms with Gasteiger partial charge in [0.15, 0.2) is 5.82 Å². The van der Waals surface area contributed by atoms with E-state index in [1.165, 1.54) is 18.5 Å². The molecule has 4 fully saturated rings. The largest absolute Gasteiger partial charge is 0.464 e. The zero-order valence-electron chi connectivity index (χ0n) is 26.0. The highest BCUT2D eigenvalue weighted by Crippen LogP contribution is 2.58. The van der Waals surface area contributed by atoms with Crippen molar-refractivity contribution in [3.05, 3.63) is 48.1 Å². The summed E-state index contributed by atoms with van der Waals surface area (Å²) in [4.78, 5) is 28.1. The summed E-state index contributed by atoms with van der Waals surface area (Å²) in [5.74, 6) is -7.18. The van der Waals surface area contributed by atoms with Crippen molar-refractivity contribution >= 4 is 11.6 Å². The van der Waals surface area contributed by atoms with Gasteiger partial charge in [-0.2, -0.15) is 13.8 Å². The maximum Gasteiger partial charge on any atom is 0.322 e. The lowest BCUT2D eigenvalue weighted by Gasteiger charge is -2.53. The van der Waals surface area contributed by atoms with E-state index < -0.39 is 29.0 Å². The molecule has 13 heteroatoms.